The van der Waals surface area contributed by atoms with E-state index in [1.54, 1.807) is 0 Å². The number of hydrogen-bond donors (Lipinski definition) is 0. The van der Waals surface area contributed by atoms with E-state index in [1.807, 2.05) is 30.8 Å². The highest BCUT2D eigenvalue weighted by Crippen LogP contribution is 1.96. The molecular formula is C8H12N2. The van der Waals surface area contributed by atoms with Crippen LogP contribution in [0.2, 0.25) is 0 Å². The summed E-state index contributed by atoms with van der Waals surface area (Å²) in [6.07, 6.45) is 1.96. The monoisotopic (exact) mass is 136 g/mol. The minimum atomic E-state index is 0.827. The Bertz CT molecular complexity index is 235. The summed E-state index contributed by atoms with van der Waals surface area (Å²) >= 11 is 0. The summed E-state index contributed by atoms with van der Waals surface area (Å²) in [4.78, 5) is 0. The minimum Gasteiger partial charge on any atom is -0.268 e. The standard InChI is InChI=1S/C8H12N2/c1-7(2)6-10-5-4-8(3)9-10/h4-5H,1,6H2,2-3H3. The largest absolute Gasteiger partial charge is 0.268 e. The van der Waals surface area contributed by atoms with Crippen molar-refractivity contribution < 1.29 is 0 Å². The van der Waals surface area contributed by atoms with Crippen LogP contribution in [-0.4, -0.2) is 9.78 Å². The Kier molecular flexibility index (Phi) is 1.90. The maximum absolute atomic E-state index is 4.21. The van der Waals surface area contributed by atoms with Gasteiger partial charge in [-0.2, -0.15) is 5.10 Å². The minimum absolute atomic E-state index is 0.827. The van der Waals surface area contributed by atoms with Gasteiger partial charge in [-0.1, -0.05) is 12.2 Å². The fraction of sp³-hybridized carbons (Fsp3) is 0.375. The van der Waals surface area contributed by atoms with Gasteiger partial charge in [0.25, 0.3) is 0 Å². The first-order valence-electron chi connectivity index (χ1n) is 3.33. The predicted molar refractivity (Wildman–Crippen MR) is 41.8 cm³/mol. The van der Waals surface area contributed by atoms with E-state index in [-0.39, 0.29) is 0 Å². The zero-order valence-corrected chi connectivity index (χ0v) is 6.46. The topological polar surface area (TPSA) is 17.8 Å². The molecule has 1 aromatic rings. The first-order chi connectivity index (χ1) is 4.68. The lowest BCUT2D eigenvalue weighted by molar-refractivity contribution is 0.672. The molecule has 0 saturated heterocycles. The third-order valence-electron chi connectivity index (χ3n) is 1.21. The van der Waals surface area contributed by atoms with E-state index in [0.717, 1.165) is 17.8 Å². The molecule has 0 atom stereocenters. The summed E-state index contributed by atoms with van der Waals surface area (Å²) in [5, 5.41) is 4.21. The number of hydrogen-bond acceptors (Lipinski definition) is 1. The number of aromatic nitrogens is 2. The molecule has 0 spiro atoms. The average Bonchev–Trinajstić information content (AvgIpc) is 2.13. The summed E-state index contributed by atoms with van der Waals surface area (Å²) < 4.78 is 1.89. The van der Waals surface area contributed by atoms with Crippen LogP contribution in [0, 0.1) is 6.92 Å². The van der Waals surface area contributed by atoms with Gasteiger partial charge in [-0.05, 0) is 19.9 Å². The van der Waals surface area contributed by atoms with Crippen molar-refractivity contribution in [2.45, 2.75) is 20.4 Å². The Morgan fingerprint density at radius 1 is 1.80 bits per heavy atom. The molecule has 1 rings (SSSR count). The van der Waals surface area contributed by atoms with E-state index in [2.05, 4.69) is 11.7 Å². The maximum atomic E-state index is 4.21. The summed E-state index contributed by atoms with van der Waals surface area (Å²) in [7, 11) is 0. The van der Waals surface area contributed by atoms with Crippen molar-refractivity contribution >= 4 is 0 Å². The molecule has 1 heterocycles. The molecule has 0 fully saturated rings. The molecule has 0 unspecified atom stereocenters. The molecule has 0 aliphatic carbocycles. The highest BCUT2D eigenvalue weighted by Gasteiger charge is 1.91. The molecule has 0 aromatic carbocycles. The van der Waals surface area contributed by atoms with Gasteiger partial charge in [-0.15, -0.1) is 0 Å². The molecule has 0 aliphatic heterocycles. The summed E-state index contributed by atoms with van der Waals surface area (Å²) in [5.41, 5.74) is 2.18. The number of aryl methyl sites for hydroxylation is 1. The van der Waals surface area contributed by atoms with Crippen LogP contribution in [0.15, 0.2) is 24.4 Å². The van der Waals surface area contributed by atoms with Gasteiger partial charge < -0.3 is 0 Å². The van der Waals surface area contributed by atoms with E-state index in [0.29, 0.717) is 0 Å². The molecule has 0 N–H and O–H groups in total. The molecule has 2 nitrogen and oxygen atoms in total. The normalized spacial score (nSPS) is 9.80. The van der Waals surface area contributed by atoms with Gasteiger partial charge in [0, 0.05) is 6.20 Å². The number of allylic oxidation sites excluding steroid dienone is 1. The smallest absolute Gasteiger partial charge is 0.0614 e. The molecule has 0 saturated carbocycles. The van der Waals surface area contributed by atoms with Crippen LogP contribution >= 0.6 is 0 Å². The lowest BCUT2D eigenvalue weighted by atomic mass is 10.4. The van der Waals surface area contributed by atoms with Gasteiger partial charge in [0.15, 0.2) is 0 Å². The highest BCUT2D eigenvalue weighted by atomic mass is 15.3. The SMILES string of the molecule is C=C(C)Cn1ccc(C)n1. The van der Waals surface area contributed by atoms with Gasteiger partial charge in [-0.3, -0.25) is 4.68 Å². The summed E-state index contributed by atoms with van der Waals surface area (Å²) in [6.45, 7) is 8.60. The Morgan fingerprint density at radius 3 is 2.90 bits per heavy atom. The fourth-order valence-corrected chi connectivity index (χ4v) is 0.828. The fourth-order valence-electron chi connectivity index (χ4n) is 0.828. The zero-order chi connectivity index (χ0) is 7.56. The van der Waals surface area contributed by atoms with Crippen molar-refractivity contribution in [3.8, 4) is 0 Å². The highest BCUT2D eigenvalue weighted by molar-refractivity contribution is 4.97. The number of nitrogens with zero attached hydrogens (tertiary/aromatic N) is 2. The Balaban J connectivity index is 2.67. The van der Waals surface area contributed by atoms with Gasteiger partial charge in [-0.25, -0.2) is 0 Å². The van der Waals surface area contributed by atoms with Crippen LogP contribution in [0.5, 0.6) is 0 Å². The molecule has 0 bridgehead atoms. The first kappa shape index (κ1) is 7.06. The van der Waals surface area contributed by atoms with Crippen molar-refractivity contribution in [2.24, 2.45) is 0 Å². The lowest BCUT2D eigenvalue weighted by Crippen LogP contribution is -1.98. The summed E-state index contributed by atoms with van der Waals surface area (Å²) in [5.74, 6) is 0. The molecule has 10 heavy (non-hydrogen) atoms. The van der Waals surface area contributed by atoms with Crippen molar-refractivity contribution in [1.82, 2.24) is 9.78 Å². The average molecular weight is 136 g/mol. The molecular weight excluding hydrogens is 124 g/mol. The van der Waals surface area contributed by atoms with Gasteiger partial charge in [0.1, 0.15) is 0 Å². The third-order valence-corrected chi connectivity index (χ3v) is 1.21. The van der Waals surface area contributed by atoms with Gasteiger partial charge in [0.2, 0.25) is 0 Å². The lowest BCUT2D eigenvalue weighted by Gasteiger charge is -1.97. The van der Waals surface area contributed by atoms with E-state index in [4.69, 9.17) is 0 Å². The van der Waals surface area contributed by atoms with Crippen LogP contribution in [0.4, 0.5) is 0 Å². The van der Waals surface area contributed by atoms with E-state index < -0.39 is 0 Å². The van der Waals surface area contributed by atoms with Crippen LogP contribution < -0.4 is 0 Å². The third kappa shape index (κ3) is 1.72. The Labute approximate surface area is 61.2 Å². The van der Waals surface area contributed by atoms with Crippen LogP contribution in [0.1, 0.15) is 12.6 Å². The van der Waals surface area contributed by atoms with Crippen molar-refractivity contribution in [1.29, 1.82) is 0 Å². The molecule has 0 amide bonds. The predicted octanol–water partition coefficient (Wildman–Crippen LogP) is 1.77. The van der Waals surface area contributed by atoms with Crippen LogP contribution in [0.3, 0.4) is 0 Å². The van der Waals surface area contributed by atoms with Gasteiger partial charge in [0.05, 0.1) is 12.2 Å². The van der Waals surface area contributed by atoms with Gasteiger partial charge >= 0.3 is 0 Å². The van der Waals surface area contributed by atoms with Crippen molar-refractivity contribution in [3.05, 3.63) is 30.1 Å². The van der Waals surface area contributed by atoms with E-state index in [9.17, 15) is 0 Å². The van der Waals surface area contributed by atoms with E-state index >= 15 is 0 Å². The second-order valence-electron chi connectivity index (χ2n) is 2.61. The second kappa shape index (κ2) is 2.69. The Hall–Kier alpha value is -1.05. The molecule has 1 aromatic heterocycles. The maximum Gasteiger partial charge on any atom is 0.0614 e. The van der Waals surface area contributed by atoms with Crippen molar-refractivity contribution in [3.63, 3.8) is 0 Å². The van der Waals surface area contributed by atoms with Crippen LogP contribution in [0.25, 0.3) is 0 Å². The molecule has 0 radical (unpaired) electrons. The Morgan fingerprint density at radius 2 is 2.50 bits per heavy atom. The molecule has 0 aliphatic rings. The van der Waals surface area contributed by atoms with Crippen LogP contribution in [-0.2, 0) is 6.54 Å². The second-order valence-corrected chi connectivity index (χ2v) is 2.61. The quantitative estimate of drug-likeness (QED) is 0.566. The first-order valence-corrected chi connectivity index (χ1v) is 3.33. The molecule has 2 heteroatoms. The summed E-state index contributed by atoms with van der Waals surface area (Å²) in [6, 6.07) is 1.99. The zero-order valence-electron chi connectivity index (χ0n) is 6.46. The number of rotatable bonds is 2. The van der Waals surface area contributed by atoms with Crippen molar-refractivity contribution in [2.75, 3.05) is 0 Å². The van der Waals surface area contributed by atoms with E-state index in [1.165, 1.54) is 0 Å². The molecule has 54 valence electrons.